The van der Waals surface area contributed by atoms with Crippen LogP contribution in [0.15, 0.2) is 12.3 Å². The van der Waals surface area contributed by atoms with Gasteiger partial charge in [-0.15, -0.1) is 0 Å². The SMILES string of the molecule is CCn1nc(C(=O)O)c(Cl)c1-c1cnc(N[C@H](C)C(F)(F)F)cc1OC(F)F. The number of aromatic carboxylic acids is 1. The molecule has 2 N–H and O–H groups in total. The van der Waals surface area contributed by atoms with Gasteiger partial charge < -0.3 is 15.2 Å². The Morgan fingerprint density at radius 2 is 2.07 bits per heavy atom. The maximum atomic E-state index is 12.8. The van der Waals surface area contributed by atoms with Crippen molar-refractivity contribution in [2.75, 3.05) is 5.32 Å². The van der Waals surface area contributed by atoms with Crippen LogP contribution in [0, 0.1) is 0 Å². The van der Waals surface area contributed by atoms with Crippen molar-refractivity contribution in [3.8, 4) is 17.0 Å². The molecule has 0 aliphatic carbocycles. The molecular formula is C15H14ClF5N4O3. The Bertz CT molecular complexity index is 872. The number of ether oxygens (including phenoxy) is 1. The monoisotopic (exact) mass is 428 g/mol. The van der Waals surface area contributed by atoms with E-state index in [9.17, 15) is 26.7 Å². The van der Waals surface area contributed by atoms with Gasteiger partial charge in [0.15, 0.2) is 5.69 Å². The second-order valence-electron chi connectivity index (χ2n) is 5.48. The first kappa shape index (κ1) is 21.7. The highest BCUT2D eigenvalue weighted by Gasteiger charge is 2.36. The first-order valence-electron chi connectivity index (χ1n) is 7.73. The van der Waals surface area contributed by atoms with Crippen LogP contribution in [-0.2, 0) is 6.54 Å². The summed E-state index contributed by atoms with van der Waals surface area (Å²) in [6.07, 6.45) is -3.64. The lowest BCUT2D eigenvalue weighted by molar-refractivity contribution is -0.138. The molecule has 13 heteroatoms. The minimum absolute atomic E-state index is 0.0693. The second-order valence-corrected chi connectivity index (χ2v) is 5.86. The highest BCUT2D eigenvalue weighted by Crippen LogP contribution is 2.38. The summed E-state index contributed by atoms with van der Waals surface area (Å²) in [4.78, 5) is 15.0. The van der Waals surface area contributed by atoms with Gasteiger partial charge in [-0.2, -0.15) is 27.1 Å². The van der Waals surface area contributed by atoms with Gasteiger partial charge in [0.05, 0.1) is 11.3 Å². The van der Waals surface area contributed by atoms with Gasteiger partial charge in [-0.1, -0.05) is 11.6 Å². The van der Waals surface area contributed by atoms with Crippen molar-refractivity contribution >= 4 is 23.4 Å². The average molecular weight is 429 g/mol. The number of carboxylic acids is 1. The topological polar surface area (TPSA) is 89.3 Å². The Balaban J connectivity index is 2.57. The second kappa shape index (κ2) is 8.17. The Hall–Kier alpha value is -2.63. The van der Waals surface area contributed by atoms with Crippen LogP contribution in [0.2, 0.25) is 5.02 Å². The normalized spacial score (nSPS) is 12.9. The number of nitrogens with one attached hydrogen (secondary N) is 1. The molecule has 0 aromatic carbocycles. The van der Waals surface area contributed by atoms with Crippen LogP contribution >= 0.6 is 11.6 Å². The van der Waals surface area contributed by atoms with Crippen LogP contribution in [0.1, 0.15) is 24.3 Å². The lowest BCUT2D eigenvalue weighted by Crippen LogP contribution is -2.33. The largest absolute Gasteiger partial charge is 0.476 e. The predicted molar refractivity (Wildman–Crippen MR) is 88.9 cm³/mol. The standard InChI is InChI=1S/C15H14ClF5N4O3/c1-3-25-12(10(16)11(24-25)13(26)27)7-5-22-9(4-8(7)28-14(17)18)23-6(2)15(19,20)21/h4-6,14H,3H2,1-2H3,(H,22,23)(H,26,27)/t6-/m1/s1. The zero-order valence-electron chi connectivity index (χ0n) is 14.4. The summed E-state index contributed by atoms with van der Waals surface area (Å²) < 4.78 is 69.2. The molecule has 154 valence electrons. The summed E-state index contributed by atoms with van der Waals surface area (Å²) in [5.74, 6) is -2.36. The molecule has 0 unspecified atom stereocenters. The van der Waals surface area contributed by atoms with E-state index >= 15 is 0 Å². The fourth-order valence-electron chi connectivity index (χ4n) is 2.25. The predicted octanol–water partition coefficient (Wildman–Crippen LogP) is 4.28. The molecule has 0 fully saturated rings. The van der Waals surface area contributed by atoms with E-state index in [1.165, 1.54) is 0 Å². The van der Waals surface area contributed by atoms with Crippen LogP contribution in [0.3, 0.4) is 0 Å². The number of aryl methyl sites for hydroxylation is 1. The number of halogens is 6. The Labute approximate surface area is 160 Å². The van der Waals surface area contributed by atoms with Gasteiger partial charge in [0.25, 0.3) is 0 Å². The lowest BCUT2D eigenvalue weighted by atomic mass is 10.1. The van der Waals surface area contributed by atoms with Crippen LogP contribution in [0.4, 0.5) is 27.8 Å². The highest BCUT2D eigenvalue weighted by atomic mass is 35.5. The summed E-state index contributed by atoms with van der Waals surface area (Å²) in [5.41, 5.74) is -0.744. The molecule has 0 saturated heterocycles. The van der Waals surface area contributed by atoms with Crippen molar-refractivity contribution in [1.29, 1.82) is 0 Å². The zero-order valence-corrected chi connectivity index (χ0v) is 15.1. The molecule has 0 aliphatic rings. The van der Waals surface area contributed by atoms with E-state index in [1.54, 1.807) is 6.92 Å². The molecule has 2 aromatic heterocycles. The summed E-state index contributed by atoms with van der Waals surface area (Å²) in [6.45, 7) is -0.752. The number of alkyl halides is 5. The number of rotatable bonds is 7. The van der Waals surface area contributed by atoms with E-state index < -0.39 is 36.2 Å². The first-order valence-corrected chi connectivity index (χ1v) is 8.11. The number of pyridine rings is 1. The van der Waals surface area contributed by atoms with Gasteiger partial charge in [-0.05, 0) is 13.8 Å². The molecule has 7 nitrogen and oxygen atoms in total. The van der Waals surface area contributed by atoms with Crippen molar-refractivity contribution in [2.45, 2.75) is 39.2 Å². The fraction of sp³-hybridized carbons (Fsp3) is 0.400. The summed E-state index contributed by atoms with van der Waals surface area (Å²) >= 11 is 6.03. The van der Waals surface area contributed by atoms with Crippen LogP contribution in [-0.4, -0.2) is 44.7 Å². The lowest BCUT2D eigenvalue weighted by Gasteiger charge is -2.19. The molecule has 0 bridgehead atoms. The quantitative estimate of drug-likeness (QED) is 0.640. The summed E-state index contributed by atoms with van der Waals surface area (Å²) in [6, 6.07) is -1.17. The van der Waals surface area contributed by atoms with E-state index in [0.29, 0.717) is 0 Å². The number of anilines is 1. The fourth-order valence-corrected chi connectivity index (χ4v) is 2.57. The van der Waals surface area contributed by atoms with Crippen molar-refractivity contribution in [2.24, 2.45) is 0 Å². The first-order chi connectivity index (χ1) is 13.0. The molecule has 0 amide bonds. The molecule has 2 heterocycles. The number of nitrogens with zero attached hydrogens (tertiary/aromatic N) is 3. The Morgan fingerprint density at radius 3 is 2.57 bits per heavy atom. The highest BCUT2D eigenvalue weighted by molar-refractivity contribution is 6.35. The maximum absolute atomic E-state index is 12.8. The molecule has 28 heavy (non-hydrogen) atoms. The summed E-state index contributed by atoms with van der Waals surface area (Å²) in [7, 11) is 0. The number of aromatic nitrogens is 3. The number of hydrogen-bond acceptors (Lipinski definition) is 5. The summed E-state index contributed by atoms with van der Waals surface area (Å²) in [5, 5.41) is 14.6. The molecule has 2 aromatic rings. The molecule has 1 atom stereocenters. The van der Waals surface area contributed by atoms with E-state index in [2.05, 4.69) is 14.8 Å². The average Bonchev–Trinajstić information content (AvgIpc) is 2.90. The molecule has 2 rings (SSSR count). The van der Waals surface area contributed by atoms with Gasteiger partial charge in [0.2, 0.25) is 0 Å². The molecular weight excluding hydrogens is 415 g/mol. The van der Waals surface area contributed by atoms with E-state index in [0.717, 1.165) is 23.9 Å². The van der Waals surface area contributed by atoms with E-state index in [1.807, 2.05) is 5.32 Å². The van der Waals surface area contributed by atoms with Gasteiger partial charge >= 0.3 is 18.8 Å². The van der Waals surface area contributed by atoms with Crippen LogP contribution in [0.5, 0.6) is 5.75 Å². The maximum Gasteiger partial charge on any atom is 0.408 e. The molecule has 0 radical (unpaired) electrons. The minimum Gasteiger partial charge on any atom is -0.476 e. The van der Waals surface area contributed by atoms with Gasteiger partial charge in [0, 0.05) is 18.8 Å². The van der Waals surface area contributed by atoms with Crippen molar-refractivity contribution < 1.29 is 36.6 Å². The molecule has 0 saturated carbocycles. The number of carbonyl (C=O) groups is 1. The van der Waals surface area contributed by atoms with Crippen molar-refractivity contribution in [3.63, 3.8) is 0 Å². The van der Waals surface area contributed by atoms with Gasteiger partial charge in [0.1, 0.15) is 22.6 Å². The third-order valence-electron chi connectivity index (χ3n) is 3.59. The molecule has 0 spiro atoms. The zero-order chi connectivity index (χ0) is 21.2. The van der Waals surface area contributed by atoms with Crippen LogP contribution < -0.4 is 10.1 Å². The van der Waals surface area contributed by atoms with E-state index in [-0.39, 0.29) is 28.6 Å². The third kappa shape index (κ3) is 4.61. The van der Waals surface area contributed by atoms with Gasteiger partial charge in [-0.3, -0.25) is 4.68 Å². The molecule has 0 aliphatic heterocycles. The third-order valence-corrected chi connectivity index (χ3v) is 3.95. The van der Waals surface area contributed by atoms with Gasteiger partial charge in [-0.25, -0.2) is 9.78 Å². The Kier molecular flexibility index (Phi) is 6.32. The van der Waals surface area contributed by atoms with Crippen LogP contribution in [0.25, 0.3) is 11.3 Å². The minimum atomic E-state index is -4.59. The van der Waals surface area contributed by atoms with E-state index in [4.69, 9.17) is 16.7 Å². The number of hydrogen-bond donors (Lipinski definition) is 2. The van der Waals surface area contributed by atoms with Crippen molar-refractivity contribution in [3.05, 3.63) is 23.0 Å². The number of carboxylic acid groups (broad SMARTS) is 1. The smallest absolute Gasteiger partial charge is 0.408 e. The van der Waals surface area contributed by atoms with Crippen molar-refractivity contribution in [1.82, 2.24) is 14.8 Å². The Morgan fingerprint density at radius 1 is 1.43 bits per heavy atom.